The van der Waals surface area contributed by atoms with Crippen LogP contribution in [0.4, 0.5) is 0 Å². The van der Waals surface area contributed by atoms with Crippen LogP contribution in [0.2, 0.25) is 0 Å². The SMILES string of the molecule is CCCCCCCCCC=C1C=CN(C)N1. The van der Waals surface area contributed by atoms with E-state index < -0.39 is 0 Å². The Kier molecular flexibility index (Phi) is 6.78. The van der Waals surface area contributed by atoms with Crippen molar-refractivity contribution in [1.82, 2.24) is 10.4 Å². The highest BCUT2D eigenvalue weighted by atomic mass is 15.5. The van der Waals surface area contributed by atoms with Crippen LogP contribution in [0.1, 0.15) is 58.3 Å². The number of nitrogens with one attached hydrogen (secondary N) is 1. The molecule has 1 aliphatic rings. The molecule has 0 atom stereocenters. The zero-order chi connectivity index (χ0) is 11.6. The van der Waals surface area contributed by atoms with Gasteiger partial charge in [0.1, 0.15) is 0 Å². The first kappa shape index (κ1) is 13.1. The Morgan fingerprint density at radius 2 is 1.81 bits per heavy atom. The van der Waals surface area contributed by atoms with Crippen LogP contribution in [0.3, 0.4) is 0 Å². The minimum atomic E-state index is 1.20. The largest absolute Gasteiger partial charge is 0.299 e. The zero-order valence-electron chi connectivity index (χ0n) is 10.8. The standard InChI is InChI=1S/C14H26N2/c1-3-4-5-6-7-8-9-10-11-14-12-13-16(2)15-14/h11-13,15H,3-10H2,1-2H3. The maximum absolute atomic E-state index is 3.26. The summed E-state index contributed by atoms with van der Waals surface area (Å²) in [5.74, 6) is 0. The minimum Gasteiger partial charge on any atom is -0.299 e. The van der Waals surface area contributed by atoms with Crippen LogP contribution in [0.25, 0.3) is 0 Å². The molecule has 1 N–H and O–H groups in total. The molecular formula is C14H26N2. The molecule has 0 saturated carbocycles. The monoisotopic (exact) mass is 222 g/mol. The van der Waals surface area contributed by atoms with E-state index in [1.807, 2.05) is 12.1 Å². The zero-order valence-corrected chi connectivity index (χ0v) is 10.8. The van der Waals surface area contributed by atoms with Crippen molar-refractivity contribution in [3.63, 3.8) is 0 Å². The van der Waals surface area contributed by atoms with Crippen molar-refractivity contribution in [2.24, 2.45) is 0 Å². The Hall–Kier alpha value is -0.920. The van der Waals surface area contributed by atoms with Gasteiger partial charge in [-0.05, 0) is 18.9 Å². The number of nitrogens with zero attached hydrogens (tertiary/aromatic N) is 1. The number of hydrogen-bond donors (Lipinski definition) is 1. The first-order chi connectivity index (χ1) is 7.83. The lowest BCUT2D eigenvalue weighted by Crippen LogP contribution is -2.22. The van der Waals surface area contributed by atoms with E-state index in [0.29, 0.717) is 0 Å². The molecule has 0 aliphatic carbocycles. The Labute approximate surface area is 100 Å². The van der Waals surface area contributed by atoms with Crippen molar-refractivity contribution in [1.29, 1.82) is 0 Å². The fourth-order valence-corrected chi connectivity index (χ4v) is 1.94. The summed E-state index contributed by atoms with van der Waals surface area (Å²) in [5, 5.41) is 1.98. The quantitative estimate of drug-likeness (QED) is 0.625. The smallest absolute Gasteiger partial charge is 0.0517 e. The number of allylic oxidation sites excluding steroid dienone is 2. The van der Waals surface area contributed by atoms with Gasteiger partial charge in [0.25, 0.3) is 0 Å². The van der Waals surface area contributed by atoms with Gasteiger partial charge in [-0.25, -0.2) is 0 Å². The van der Waals surface area contributed by atoms with E-state index in [9.17, 15) is 0 Å². The number of unbranched alkanes of at least 4 members (excludes halogenated alkanes) is 7. The minimum absolute atomic E-state index is 1.20. The van der Waals surface area contributed by atoms with Gasteiger partial charge < -0.3 is 0 Å². The third-order valence-electron chi connectivity index (χ3n) is 2.96. The summed E-state index contributed by atoms with van der Waals surface area (Å²) in [4.78, 5) is 0. The van der Waals surface area contributed by atoms with E-state index in [1.54, 1.807) is 0 Å². The summed E-state index contributed by atoms with van der Waals surface area (Å²) >= 11 is 0. The lowest BCUT2D eigenvalue weighted by atomic mass is 10.1. The van der Waals surface area contributed by atoms with Crippen molar-refractivity contribution >= 4 is 0 Å². The van der Waals surface area contributed by atoms with Gasteiger partial charge in [-0.1, -0.05) is 51.5 Å². The maximum Gasteiger partial charge on any atom is 0.0517 e. The van der Waals surface area contributed by atoms with Crippen LogP contribution < -0.4 is 5.43 Å². The molecule has 16 heavy (non-hydrogen) atoms. The summed E-state index contributed by atoms with van der Waals surface area (Å²) in [6.45, 7) is 2.27. The van der Waals surface area contributed by atoms with Gasteiger partial charge in [-0.15, -0.1) is 0 Å². The predicted molar refractivity (Wildman–Crippen MR) is 70.7 cm³/mol. The Morgan fingerprint density at radius 3 is 2.44 bits per heavy atom. The average molecular weight is 222 g/mol. The Morgan fingerprint density at radius 1 is 1.12 bits per heavy atom. The van der Waals surface area contributed by atoms with Gasteiger partial charge in [0, 0.05) is 13.2 Å². The molecular weight excluding hydrogens is 196 g/mol. The molecule has 1 heterocycles. The van der Waals surface area contributed by atoms with Crippen molar-refractivity contribution in [3.05, 3.63) is 24.0 Å². The van der Waals surface area contributed by atoms with Crippen LogP contribution in [0, 0.1) is 0 Å². The van der Waals surface area contributed by atoms with Crippen LogP contribution in [-0.4, -0.2) is 12.1 Å². The summed E-state index contributed by atoms with van der Waals surface area (Å²) < 4.78 is 0. The molecule has 0 amide bonds. The van der Waals surface area contributed by atoms with Crippen LogP contribution in [0.15, 0.2) is 24.0 Å². The highest BCUT2D eigenvalue weighted by Gasteiger charge is 2.00. The van der Waals surface area contributed by atoms with E-state index >= 15 is 0 Å². The van der Waals surface area contributed by atoms with E-state index in [4.69, 9.17) is 0 Å². The molecule has 0 radical (unpaired) electrons. The molecule has 0 unspecified atom stereocenters. The molecule has 2 nitrogen and oxygen atoms in total. The molecule has 0 saturated heterocycles. The lowest BCUT2D eigenvalue weighted by molar-refractivity contribution is 0.397. The molecule has 0 bridgehead atoms. The highest BCUT2D eigenvalue weighted by molar-refractivity contribution is 5.19. The van der Waals surface area contributed by atoms with Crippen molar-refractivity contribution in [3.8, 4) is 0 Å². The number of hydrogen-bond acceptors (Lipinski definition) is 2. The van der Waals surface area contributed by atoms with E-state index in [1.165, 1.54) is 57.1 Å². The average Bonchev–Trinajstić information content (AvgIpc) is 2.68. The third kappa shape index (κ3) is 5.84. The van der Waals surface area contributed by atoms with Crippen molar-refractivity contribution < 1.29 is 0 Å². The van der Waals surface area contributed by atoms with Gasteiger partial charge >= 0.3 is 0 Å². The van der Waals surface area contributed by atoms with E-state index in [2.05, 4.69) is 30.7 Å². The van der Waals surface area contributed by atoms with Crippen molar-refractivity contribution in [2.75, 3.05) is 7.05 Å². The van der Waals surface area contributed by atoms with Gasteiger partial charge in [-0.2, -0.15) is 0 Å². The van der Waals surface area contributed by atoms with E-state index in [-0.39, 0.29) is 0 Å². The molecule has 0 spiro atoms. The van der Waals surface area contributed by atoms with Crippen molar-refractivity contribution in [2.45, 2.75) is 58.3 Å². The third-order valence-corrected chi connectivity index (χ3v) is 2.96. The molecule has 1 aliphatic heterocycles. The predicted octanol–water partition coefficient (Wildman–Crippen LogP) is 3.97. The first-order valence-corrected chi connectivity index (χ1v) is 6.71. The fourth-order valence-electron chi connectivity index (χ4n) is 1.94. The number of rotatable bonds is 8. The summed E-state index contributed by atoms with van der Waals surface area (Å²) in [7, 11) is 2.02. The molecule has 92 valence electrons. The van der Waals surface area contributed by atoms with E-state index in [0.717, 1.165) is 0 Å². The normalized spacial score (nSPS) is 17.1. The number of hydrazine groups is 1. The molecule has 1 rings (SSSR count). The van der Waals surface area contributed by atoms with Gasteiger partial charge in [0.2, 0.25) is 0 Å². The Balaban J connectivity index is 1.90. The Bertz CT molecular complexity index is 231. The maximum atomic E-state index is 3.26. The highest BCUT2D eigenvalue weighted by Crippen LogP contribution is 2.10. The van der Waals surface area contributed by atoms with Crippen LogP contribution in [-0.2, 0) is 0 Å². The fraction of sp³-hybridized carbons (Fsp3) is 0.714. The molecule has 0 aromatic rings. The van der Waals surface area contributed by atoms with Gasteiger partial charge in [0.15, 0.2) is 0 Å². The summed E-state index contributed by atoms with van der Waals surface area (Å²) in [6.07, 6.45) is 17.4. The summed E-state index contributed by atoms with van der Waals surface area (Å²) in [5.41, 5.74) is 4.50. The topological polar surface area (TPSA) is 15.3 Å². The van der Waals surface area contributed by atoms with Crippen LogP contribution in [0.5, 0.6) is 0 Å². The second kappa shape index (κ2) is 8.26. The summed E-state index contributed by atoms with van der Waals surface area (Å²) in [6, 6.07) is 0. The molecule has 0 fully saturated rings. The van der Waals surface area contributed by atoms with Gasteiger partial charge in [-0.3, -0.25) is 10.4 Å². The second-order valence-corrected chi connectivity index (χ2v) is 4.61. The lowest BCUT2D eigenvalue weighted by Gasteiger charge is -2.09. The molecule has 2 heteroatoms. The van der Waals surface area contributed by atoms with Gasteiger partial charge in [0.05, 0.1) is 5.70 Å². The second-order valence-electron chi connectivity index (χ2n) is 4.61. The molecule has 0 aromatic carbocycles. The molecule has 0 aromatic heterocycles. The van der Waals surface area contributed by atoms with Crippen LogP contribution >= 0.6 is 0 Å². The first-order valence-electron chi connectivity index (χ1n) is 6.71.